The predicted molar refractivity (Wildman–Crippen MR) is 127 cm³/mol. The molecule has 1 aliphatic rings. The van der Waals surface area contributed by atoms with Crippen molar-refractivity contribution in [3.8, 4) is 5.75 Å². The molecule has 1 fully saturated rings. The van der Waals surface area contributed by atoms with Crippen LogP contribution >= 0.6 is 0 Å². The first-order valence-corrected chi connectivity index (χ1v) is 13.0. The van der Waals surface area contributed by atoms with Gasteiger partial charge in [0.25, 0.3) is 0 Å². The molecule has 174 valence electrons. The lowest BCUT2D eigenvalue weighted by Crippen LogP contribution is -2.44. The third kappa shape index (κ3) is 6.81. The van der Waals surface area contributed by atoms with Crippen LogP contribution in [0.2, 0.25) is 0 Å². The van der Waals surface area contributed by atoms with E-state index >= 15 is 0 Å². The number of amides is 1. The summed E-state index contributed by atoms with van der Waals surface area (Å²) in [5.41, 5.74) is 2.17. The Bertz CT molecular complexity index is 953. The van der Waals surface area contributed by atoms with Crippen LogP contribution < -0.4 is 10.1 Å². The van der Waals surface area contributed by atoms with E-state index in [2.05, 4.69) is 5.32 Å². The minimum Gasteiger partial charge on any atom is -0.494 e. The van der Waals surface area contributed by atoms with Gasteiger partial charge in [-0.25, -0.2) is 12.7 Å². The molecule has 7 heteroatoms. The van der Waals surface area contributed by atoms with E-state index in [9.17, 15) is 13.2 Å². The number of rotatable bonds is 10. The van der Waals surface area contributed by atoms with E-state index in [0.717, 1.165) is 23.3 Å². The Morgan fingerprint density at radius 2 is 1.75 bits per heavy atom. The van der Waals surface area contributed by atoms with Crippen molar-refractivity contribution in [1.29, 1.82) is 0 Å². The highest BCUT2D eigenvalue weighted by atomic mass is 32.2. The number of carbonyl (C=O) groups excluding carboxylic acids is 1. The van der Waals surface area contributed by atoms with Crippen molar-refractivity contribution in [2.75, 3.05) is 25.4 Å². The first-order chi connectivity index (χ1) is 15.4. The standard InChI is InChI=1S/C25H34N2O4S/c1-3-31-24-13-11-22(12-14-24)20(2)26-25(28)23-15-17-27(18-16-23)32(29,30)19-7-10-21-8-5-4-6-9-21/h4-6,8-9,11-14,20,23H,3,7,10,15-19H2,1-2H3,(H,26,28). The predicted octanol–water partition coefficient (Wildman–Crippen LogP) is 3.94. The molecule has 1 atom stereocenters. The maximum Gasteiger partial charge on any atom is 0.223 e. The fourth-order valence-electron chi connectivity index (χ4n) is 4.06. The van der Waals surface area contributed by atoms with Gasteiger partial charge in [0.2, 0.25) is 15.9 Å². The fourth-order valence-corrected chi connectivity index (χ4v) is 5.60. The Labute approximate surface area is 192 Å². The zero-order valence-electron chi connectivity index (χ0n) is 19.0. The lowest BCUT2D eigenvalue weighted by molar-refractivity contribution is -0.126. The topological polar surface area (TPSA) is 75.7 Å². The van der Waals surface area contributed by atoms with Crippen molar-refractivity contribution >= 4 is 15.9 Å². The number of benzene rings is 2. The van der Waals surface area contributed by atoms with Gasteiger partial charge in [-0.1, -0.05) is 42.5 Å². The summed E-state index contributed by atoms with van der Waals surface area (Å²) >= 11 is 0. The summed E-state index contributed by atoms with van der Waals surface area (Å²) in [4.78, 5) is 12.7. The first-order valence-electron chi connectivity index (χ1n) is 11.4. The van der Waals surface area contributed by atoms with Crippen LogP contribution in [-0.4, -0.2) is 44.1 Å². The number of piperidine rings is 1. The fraction of sp³-hybridized carbons (Fsp3) is 0.480. The van der Waals surface area contributed by atoms with Crippen LogP contribution in [0.3, 0.4) is 0 Å². The van der Waals surface area contributed by atoms with Crippen LogP contribution in [-0.2, 0) is 21.2 Å². The van der Waals surface area contributed by atoms with E-state index in [-0.39, 0.29) is 23.6 Å². The number of nitrogens with zero attached hydrogens (tertiary/aromatic N) is 1. The van der Waals surface area contributed by atoms with Gasteiger partial charge < -0.3 is 10.1 Å². The molecule has 1 unspecified atom stereocenters. The van der Waals surface area contributed by atoms with Gasteiger partial charge in [0.05, 0.1) is 18.4 Å². The van der Waals surface area contributed by atoms with Crippen LogP contribution in [0, 0.1) is 5.92 Å². The minimum atomic E-state index is -3.29. The van der Waals surface area contributed by atoms with E-state index in [4.69, 9.17) is 4.74 Å². The first kappa shape index (κ1) is 24.3. The van der Waals surface area contributed by atoms with Gasteiger partial charge in [-0.2, -0.15) is 0 Å². The van der Waals surface area contributed by atoms with E-state index in [1.165, 1.54) is 0 Å². The second-order valence-corrected chi connectivity index (χ2v) is 10.4. The van der Waals surface area contributed by atoms with Crippen LogP contribution in [0.25, 0.3) is 0 Å². The number of sulfonamides is 1. The number of hydrogen-bond donors (Lipinski definition) is 1. The molecule has 6 nitrogen and oxygen atoms in total. The molecule has 1 saturated heterocycles. The molecular formula is C25H34N2O4S. The average Bonchev–Trinajstić information content (AvgIpc) is 2.80. The molecule has 0 spiro atoms. The van der Waals surface area contributed by atoms with Crippen LogP contribution in [0.15, 0.2) is 54.6 Å². The number of aryl methyl sites for hydroxylation is 1. The Kier molecular flexibility index (Phi) is 8.70. The smallest absolute Gasteiger partial charge is 0.223 e. The Balaban J connectivity index is 1.44. The minimum absolute atomic E-state index is 0.00693. The highest BCUT2D eigenvalue weighted by Gasteiger charge is 2.31. The molecule has 3 rings (SSSR count). The summed E-state index contributed by atoms with van der Waals surface area (Å²) in [7, 11) is -3.29. The molecule has 1 aliphatic heterocycles. The summed E-state index contributed by atoms with van der Waals surface area (Å²) in [6, 6.07) is 17.5. The second-order valence-electron chi connectivity index (χ2n) is 8.31. The Morgan fingerprint density at radius 3 is 2.38 bits per heavy atom. The van der Waals surface area contributed by atoms with E-state index in [1.807, 2.05) is 68.4 Å². The maximum atomic E-state index is 12.7. The van der Waals surface area contributed by atoms with E-state index in [0.29, 0.717) is 39.0 Å². The Morgan fingerprint density at radius 1 is 1.09 bits per heavy atom. The summed E-state index contributed by atoms with van der Waals surface area (Å²) < 4.78 is 32.4. The van der Waals surface area contributed by atoms with Crippen molar-refractivity contribution in [3.63, 3.8) is 0 Å². The molecule has 1 amide bonds. The van der Waals surface area contributed by atoms with Crippen LogP contribution in [0.1, 0.15) is 50.3 Å². The molecule has 0 radical (unpaired) electrons. The number of ether oxygens (including phenoxy) is 1. The van der Waals surface area contributed by atoms with Gasteiger partial charge in [0.15, 0.2) is 0 Å². The van der Waals surface area contributed by atoms with Gasteiger partial charge in [0, 0.05) is 19.0 Å². The molecule has 32 heavy (non-hydrogen) atoms. The summed E-state index contributed by atoms with van der Waals surface area (Å²) in [6.45, 7) is 5.33. The molecule has 0 bridgehead atoms. The van der Waals surface area contributed by atoms with Gasteiger partial charge in [-0.15, -0.1) is 0 Å². The maximum absolute atomic E-state index is 12.7. The number of carbonyl (C=O) groups is 1. The zero-order chi connectivity index (χ0) is 23.0. The SMILES string of the molecule is CCOc1ccc(C(C)NC(=O)C2CCN(S(=O)(=O)CCCc3ccccc3)CC2)cc1. The molecule has 0 aromatic heterocycles. The third-order valence-electron chi connectivity index (χ3n) is 5.98. The number of nitrogens with one attached hydrogen (secondary N) is 1. The summed E-state index contributed by atoms with van der Waals surface area (Å²) in [6.07, 6.45) is 2.47. The lowest BCUT2D eigenvalue weighted by atomic mass is 9.96. The van der Waals surface area contributed by atoms with Crippen LogP contribution in [0.5, 0.6) is 5.75 Å². The third-order valence-corrected chi connectivity index (χ3v) is 7.94. The van der Waals surface area contributed by atoms with Crippen LogP contribution in [0.4, 0.5) is 0 Å². The van der Waals surface area contributed by atoms with Gasteiger partial charge >= 0.3 is 0 Å². The Hall–Kier alpha value is -2.38. The van der Waals surface area contributed by atoms with Gasteiger partial charge in [-0.3, -0.25) is 4.79 Å². The quantitative estimate of drug-likeness (QED) is 0.585. The van der Waals surface area contributed by atoms with Gasteiger partial charge in [0.1, 0.15) is 5.75 Å². The highest BCUT2D eigenvalue weighted by molar-refractivity contribution is 7.89. The molecule has 0 aliphatic carbocycles. The zero-order valence-corrected chi connectivity index (χ0v) is 19.8. The monoisotopic (exact) mass is 458 g/mol. The van der Waals surface area contributed by atoms with Crippen molar-refractivity contribution in [3.05, 3.63) is 65.7 Å². The van der Waals surface area contributed by atoms with E-state index in [1.54, 1.807) is 4.31 Å². The van der Waals surface area contributed by atoms with Crippen molar-refractivity contribution in [1.82, 2.24) is 9.62 Å². The van der Waals surface area contributed by atoms with Crippen molar-refractivity contribution in [2.45, 2.75) is 45.6 Å². The molecule has 0 saturated carbocycles. The molecular weight excluding hydrogens is 424 g/mol. The largest absolute Gasteiger partial charge is 0.494 e. The second kappa shape index (κ2) is 11.5. The van der Waals surface area contributed by atoms with Crippen molar-refractivity contribution < 1.29 is 17.9 Å². The summed E-state index contributed by atoms with van der Waals surface area (Å²) in [5, 5.41) is 3.08. The molecule has 1 heterocycles. The van der Waals surface area contributed by atoms with Crippen molar-refractivity contribution in [2.24, 2.45) is 5.92 Å². The normalized spacial score (nSPS) is 16.4. The highest BCUT2D eigenvalue weighted by Crippen LogP contribution is 2.23. The summed E-state index contributed by atoms with van der Waals surface area (Å²) in [5.74, 6) is 0.795. The van der Waals surface area contributed by atoms with Gasteiger partial charge in [-0.05, 0) is 62.8 Å². The number of hydrogen-bond acceptors (Lipinski definition) is 4. The average molecular weight is 459 g/mol. The lowest BCUT2D eigenvalue weighted by Gasteiger charge is -2.31. The molecule has 2 aromatic rings. The van der Waals surface area contributed by atoms with E-state index < -0.39 is 10.0 Å². The molecule has 2 aromatic carbocycles. The molecule has 1 N–H and O–H groups in total.